The van der Waals surface area contributed by atoms with Gasteiger partial charge in [0.15, 0.2) is 0 Å². The summed E-state index contributed by atoms with van der Waals surface area (Å²) in [6.45, 7) is 2.79. The highest BCUT2D eigenvalue weighted by Gasteiger charge is 2.06. The van der Waals surface area contributed by atoms with Crippen molar-refractivity contribution >= 4 is 27.3 Å². The van der Waals surface area contributed by atoms with E-state index in [0.717, 1.165) is 28.8 Å². The fourth-order valence-electron chi connectivity index (χ4n) is 1.77. The van der Waals surface area contributed by atoms with Gasteiger partial charge in [0.05, 0.1) is 7.11 Å². The molecular formula is C15H17BrO2S. The summed E-state index contributed by atoms with van der Waals surface area (Å²) < 4.78 is 11.1. The van der Waals surface area contributed by atoms with Crippen molar-refractivity contribution in [2.45, 2.75) is 25.3 Å². The Morgan fingerprint density at radius 3 is 2.58 bits per heavy atom. The van der Waals surface area contributed by atoms with Gasteiger partial charge >= 0.3 is 0 Å². The zero-order chi connectivity index (χ0) is 13.7. The molecule has 2 rings (SSSR count). The summed E-state index contributed by atoms with van der Waals surface area (Å²) in [6.07, 6.45) is 1.08. The summed E-state index contributed by atoms with van der Waals surface area (Å²) in [5.74, 6) is 1.76. The summed E-state index contributed by atoms with van der Waals surface area (Å²) >= 11 is 5.29. The molecule has 0 radical (unpaired) electrons. The zero-order valence-electron chi connectivity index (χ0n) is 11.1. The van der Waals surface area contributed by atoms with Gasteiger partial charge in [-0.2, -0.15) is 0 Å². The fourth-order valence-corrected chi connectivity index (χ4v) is 3.08. The highest BCUT2D eigenvalue weighted by molar-refractivity contribution is 9.08. The van der Waals surface area contributed by atoms with Crippen molar-refractivity contribution < 1.29 is 9.47 Å². The van der Waals surface area contributed by atoms with Gasteiger partial charge in [0.2, 0.25) is 0 Å². The molecule has 0 N–H and O–H groups in total. The maximum absolute atomic E-state index is 5.90. The molecule has 0 amide bonds. The monoisotopic (exact) mass is 340 g/mol. The molecule has 0 spiro atoms. The number of thiophene rings is 1. The van der Waals surface area contributed by atoms with Crippen molar-refractivity contribution in [2.75, 3.05) is 7.11 Å². The van der Waals surface area contributed by atoms with Gasteiger partial charge in [0.25, 0.3) is 0 Å². The predicted octanol–water partition coefficient (Wildman–Crippen LogP) is 4.79. The standard InChI is InChI=1S/C15H17BrO2S/c1-3-13-5-6-14(19-13)10-18-15-7-4-12(17-2)8-11(15)9-16/h4-8H,3,9-10H2,1-2H3. The smallest absolute Gasteiger partial charge is 0.124 e. The molecule has 4 heteroatoms. The van der Waals surface area contributed by atoms with Crippen molar-refractivity contribution in [2.24, 2.45) is 0 Å². The molecule has 1 aromatic heterocycles. The van der Waals surface area contributed by atoms with Crippen LogP contribution in [0.5, 0.6) is 11.5 Å². The van der Waals surface area contributed by atoms with E-state index < -0.39 is 0 Å². The van der Waals surface area contributed by atoms with E-state index >= 15 is 0 Å². The number of methoxy groups -OCH3 is 1. The lowest BCUT2D eigenvalue weighted by Gasteiger charge is -2.10. The molecular weight excluding hydrogens is 324 g/mol. The van der Waals surface area contributed by atoms with Crippen LogP contribution in [0.1, 0.15) is 22.2 Å². The van der Waals surface area contributed by atoms with Gasteiger partial charge in [0.1, 0.15) is 18.1 Å². The van der Waals surface area contributed by atoms with Gasteiger partial charge in [-0.15, -0.1) is 11.3 Å². The predicted molar refractivity (Wildman–Crippen MR) is 83.7 cm³/mol. The third kappa shape index (κ3) is 3.74. The molecule has 0 saturated carbocycles. The maximum Gasteiger partial charge on any atom is 0.124 e. The van der Waals surface area contributed by atoms with Gasteiger partial charge in [0, 0.05) is 20.6 Å². The van der Waals surface area contributed by atoms with Crippen LogP contribution in [0.25, 0.3) is 0 Å². The Morgan fingerprint density at radius 1 is 1.16 bits per heavy atom. The number of alkyl halides is 1. The minimum Gasteiger partial charge on any atom is -0.497 e. The third-order valence-corrected chi connectivity index (χ3v) is 4.65. The van der Waals surface area contributed by atoms with Gasteiger partial charge in [-0.3, -0.25) is 0 Å². The van der Waals surface area contributed by atoms with Crippen LogP contribution in [0.15, 0.2) is 30.3 Å². The lowest BCUT2D eigenvalue weighted by atomic mass is 10.2. The lowest BCUT2D eigenvalue weighted by Crippen LogP contribution is -1.96. The summed E-state index contributed by atoms with van der Waals surface area (Å²) in [4.78, 5) is 2.65. The van der Waals surface area contributed by atoms with E-state index in [9.17, 15) is 0 Å². The van der Waals surface area contributed by atoms with Crippen molar-refractivity contribution in [3.63, 3.8) is 0 Å². The van der Waals surface area contributed by atoms with Crippen LogP contribution in [-0.4, -0.2) is 7.11 Å². The molecule has 0 unspecified atom stereocenters. The number of rotatable bonds is 6. The van der Waals surface area contributed by atoms with Crippen LogP contribution in [0, 0.1) is 0 Å². The normalized spacial score (nSPS) is 10.5. The molecule has 0 aliphatic rings. The van der Waals surface area contributed by atoms with Crippen LogP contribution < -0.4 is 9.47 Å². The molecule has 102 valence electrons. The molecule has 0 aliphatic heterocycles. The van der Waals surface area contributed by atoms with Crippen LogP contribution in [0.4, 0.5) is 0 Å². The Hall–Kier alpha value is -1.000. The number of ether oxygens (including phenoxy) is 2. The molecule has 1 heterocycles. The van der Waals surface area contributed by atoms with Crippen LogP contribution in [0.2, 0.25) is 0 Å². The van der Waals surface area contributed by atoms with Crippen molar-refractivity contribution in [1.82, 2.24) is 0 Å². The Bertz CT molecular complexity index is 537. The maximum atomic E-state index is 5.90. The van der Waals surface area contributed by atoms with E-state index in [-0.39, 0.29) is 0 Å². The Morgan fingerprint density at radius 2 is 1.95 bits per heavy atom. The Labute approximate surface area is 126 Å². The number of hydrogen-bond donors (Lipinski definition) is 0. The van der Waals surface area contributed by atoms with Gasteiger partial charge in [-0.1, -0.05) is 22.9 Å². The molecule has 0 fully saturated rings. The van der Waals surface area contributed by atoms with E-state index in [4.69, 9.17) is 9.47 Å². The zero-order valence-corrected chi connectivity index (χ0v) is 13.5. The SMILES string of the molecule is CCc1ccc(COc2ccc(OC)cc2CBr)s1. The van der Waals surface area contributed by atoms with E-state index in [0.29, 0.717) is 6.61 Å². The quantitative estimate of drug-likeness (QED) is 0.703. The Balaban J connectivity index is 2.06. The van der Waals surface area contributed by atoms with E-state index in [2.05, 4.69) is 35.0 Å². The lowest BCUT2D eigenvalue weighted by molar-refractivity contribution is 0.306. The number of benzene rings is 1. The first kappa shape index (κ1) is 14.4. The number of aryl methyl sites for hydroxylation is 1. The summed E-state index contributed by atoms with van der Waals surface area (Å²) in [5, 5.41) is 0.754. The molecule has 19 heavy (non-hydrogen) atoms. The minimum atomic E-state index is 0.622. The average molecular weight is 341 g/mol. The second kappa shape index (κ2) is 6.96. The fraction of sp³-hybridized carbons (Fsp3) is 0.333. The van der Waals surface area contributed by atoms with E-state index in [1.165, 1.54) is 9.75 Å². The molecule has 1 aromatic carbocycles. The number of halogens is 1. The topological polar surface area (TPSA) is 18.5 Å². The van der Waals surface area contributed by atoms with Crippen molar-refractivity contribution in [1.29, 1.82) is 0 Å². The van der Waals surface area contributed by atoms with Gasteiger partial charge < -0.3 is 9.47 Å². The van der Waals surface area contributed by atoms with Crippen LogP contribution in [-0.2, 0) is 18.4 Å². The average Bonchev–Trinajstić information content (AvgIpc) is 2.92. The largest absolute Gasteiger partial charge is 0.497 e. The summed E-state index contributed by atoms with van der Waals surface area (Å²) in [5.41, 5.74) is 1.10. The first-order chi connectivity index (χ1) is 9.26. The molecule has 2 aromatic rings. The summed E-state index contributed by atoms with van der Waals surface area (Å²) in [6, 6.07) is 10.2. The highest BCUT2D eigenvalue weighted by atomic mass is 79.9. The van der Waals surface area contributed by atoms with E-state index in [1.54, 1.807) is 7.11 Å². The Kier molecular flexibility index (Phi) is 5.28. The minimum absolute atomic E-state index is 0.622. The van der Waals surface area contributed by atoms with Gasteiger partial charge in [-0.25, -0.2) is 0 Å². The van der Waals surface area contributed by atoms with E-state index in [1.807, 2.05) is 29.5 Å². The highest BCUT2D eigenvalue weighted by Crippen LogP contribution is 2.27. The summed E-state index contributed by atoms with van der Waals surface area (Å²) in [7, 11) is 1.67. The third-order valence-electron chi connectivity index (χ3n) is 2.85. The second-order valence-corrected chi connectivity index (χ2v) is 5.93. The molecule has 0 saturated heterocycles. The molecule has 0 atom stereocenters. The first-order valence-electron chi connectivity index (χ1n) is 6.20. The second-order valence-electron chi connectivity index (χ2n) is 4.12. The molecule has 0 bridgehead atoms. The van der Waals surface area contributed by atoms with Crippen molar-refractivity contribution in [3.8, 4) is 11.5 Å². The van der Waals surface area contributed by atoms with Crippen LogP contribution >= 0.6 is 27.3 Å². The first-order valence-corrected chi connectivity index (χ1v) is 8.14. The van der Waals surface area contributed by atoms with Crippen molar-refractivity contribution in [3.05, 3.63) is 45.6 Å². The van der Waals surface area contributed by atoms with Gasteiger partial charge in [-0.05, 0) is 36.8 Å². The van der Waals surface area contributed by atoms with Crippen LogP contribution in [0.3, 0.4) is 0 Å². The molecule has 0 aliphatic carbocycles. The molecule has 2 nitrogen and oxygen atoms in total. The number of hydrogen-bond acceptors (Lipinski definition) is 3.